The van der Waals surface area contributed by atoms with Gasteiger partial charge in [0.15, 0.2) is 0 Å². The molecule has 3 atom stereocenters. The van der Waals surface area contributed by atoms with Gasteiger partial charge in [0.25, 0.3) is 0 Å². The van der Waals surface area contributed by atoms with Crippen molar-refractivity contribution in [2.75, 3.05) is 0 Å². The highest BCUT2D eigenvalue weighted by Crippen LogP contribution is 2.09. The number of aryl methyl sites for hydroxylation is 1. The molecule has 1 aromatic rings. The van der Waals surface area contributed by atoms with Crippen molar-refractivity contribution in [3.63, 3.8) is 0 Å². The van der Waals surface area contributed by atoms with Crippen molar-refractivity contribution in [1.29, 1.82) is 0 Å². The molecule has 1 unspecified atom stereocenters. The van der Waals surface area contributed by atoms with E-state index in [1.54, 1.807) is 6.92 Å². The number of carbonyl (C=O) groups is 2. The Morgan fingerprint density at radius 3 is 2.43 bits per heavy atom. The standard InChI is InChI=1S/C16H24N2O3/c1-3-11(2)14(16(20)21)18-15(19)13(17)10-9-12-7-5-4-6-8-12/h4-8,11,13-14H,3,9-10,17H2,1-2H3,(H,18,19)(H,20,21)/t11?,13-,14-/m0/s1. The van der Waals surface area contributed by atoms with Crippen LogP contribution in [0.3, 0.4) is 0 Å². The maximum absolute atomic E-state index is 12.0. The van der Waals surface area contributed by atoms with Crippen LogP contribution in [0, 0.1) is 5.92 Å². The molecule has 0 radical (unpaired) electrons. The summed E-state index contributed by atoms with van der Waals surface area (Å²) in [6, 6.07) is 8.17. The molecule has 1 amide bonds. The van der Waals surface area contributed by atoms with Crippen molar-refractivity contribution in [1.82, 2.24) is 5.32 Å². The molecule has 0 bridgehead atoms. The van der Waals surface area contributed by atoms with Crippen molar-refractivity contribution < 1.29 is 14.7 Å². The molecule has 0 aromatic heterocycles. The second-order valence-corrected chi connectivity index (χ2v) is 5.34. The first-order valence-corrected chi connectivity index (χ1v) is 7.28. The first-order chi connectivity index (χ1) is 9.95. The summed E-state index contributed by atoms with van der Waals surface area (Å²) in [5, 5.41) is 11.7. The van der Waals surface area contributed by atoms with E-state index in [9.17, 15) is 9.59 Å². The van der Waals surface area contributed by atoms with E-state index >= 15 is 0 Å². The van der Waals surface area contributed by atoms with Gasteiger partial charge in [-0.3, -0.25) is 4.79 Å². The molecule has 1 rings (SSSR count). The number of amides is 1. The van der Waals surface area contributed by atoms with Crippen LogP contribution in [0.4, 0.5) is 0 Å². The van der Waals surface area contributed by atoms with Crippen molar-refractivity contribution >= 4 is 11.9 Å². The molecule has 0 aliphatic rings. The van der Waals surface area contributed by atoms with Crippen LogP contribution in [0.5, 0.6) is 0 Å². The minimum atomic E-state index is -1.02. The van der Waals surface area contributed by atoms with Crippen LogP contribution in [-0.4, -0.2) is 29.1 Å². The van der Waals surface area contributed by atoms with Crippen molar-refractivity contribution in [2.24, 2.45) is 11.7 Å². The molecular weight excluding hydrogens is 268 g/mol. The Morgan fingerprint density at radius 2 is 1.90 bits per heavy atom. The van der Waals surface area contributed by atoms with Gasteiger partial charge in [0, 0.05) is 0 Å². The van der Waals surface area contributed by atoms with E-state index < -0.39 is 24.0 Å². The number of nitrogens with one attached hydrogen (secondary N) is 1. The molecule has 21 heavy (non-hydrogen) atoms. The molecule has 0 spiro atoms. The summed E-state index contributed by atoms with van der Waals surface area (Å²) in [6.45, 7) is 3.69. The second-order valence-electron chi connectivity index (χ2n) is 5.34. The van der Waals surface area contributed by atoms with E-state index in [0.29, 0.717) is 19.3 Å². The number of hydrogen-bond donors (Lipinski definition) is 3. The molecule has 0 saturated heterocycles. The van der Waals surface area contributed by atoms with Gasteiger partial charge in [-0.15, -0.1) is 0 Å². The number of carboxylic acid groups (broad SMARTS) is 1. The summed E-state index contributed by atoms with van der Waals surface area (Å²) in [4.78, 5) is 23.2. The topological polar surface area (TPSA) is 92.4 Å². The summed E-state index contributed by atoms with van der Waals surface area (Å²) < 4.78 is 0. The van der Waals surface area contributed by atoms with Gasteiger partial charge in [0.2, 0.25) is 5.91 Å². The maximum Gasteiger partial charge on any atom is 0.326 e. The fraction of sp³-hybridized carbons (Fsp3) is 0.500. The zero-order valence-corrected chi connectivity index (χ0v) is 12.6. The Kier molecular flexibility index (Phi) is 6.88. The number of rotatable bonds is 8. The summed E-state index contributed by atoms with van der Waals surface area (Å²) in [6.07, 6.45) is 1.86. The summed E-state index contributed by atoms with van der Waals surface area (Å²) in [5.74, 6) is -1.56. The summed E-state index contributed by atoms with van der Waals surface area (Å²) in [7, 11) is 0. The van der Waals surface area contributed by atoms with Gasteiger partial charge in [-0.05, 0) is 24.3 Å². The molecule has 0 fully saturated rings. The largest absolute Gasteiger partial charge is 0.480 e. The van der Waals surface area contributed by atoms with Gasteiger partial charge in [0.1, 0.15) is 6.04 Å². The third kappa shape index (κ3) is 5.55. The van der Waals surface area contributed by atoms with E-state index in [1.165, 1.54) is 0 Å². The van der Waals surface area contributed by atoms with E-state index in [0.717, 1.165) is 5.56 Å². The lowest BCUT2D eigenvalue weighted by Crippen LogP contribution is -2.51. The minimum Gasteiger partial charge on any atom is -0.480 e. The van der Waals surface area contributed by atoms with E-state index in [1.807, 2.05) is 37.3 Å². The fourth-order valence-corrected chi connectivity index (χ4v) is 2.04. The average Bonchev–Trinajstić information content (AvgIpc) is 2.49. The molecule has 5 nitrogen and oxygen atoms in total. The Hall–Kier alpha value is -1.88. The van der Waals surface area contributed by atoms with Crippen LogP contribution in [-0.2, 0) is 16.0 Å². The number of nitrogens with two attached hydrogens (primary N) is 1. The molecule has 0 heterocycles. The highest BCUT2D eigenvalue weighted by Gasteiger charge is 2.27. The van der Waals surface area contributed by atoms with Crippen LogP contribution in [0.25, 0.3) is 0 Å². The van der Waals surface area contributed by atoms with Crippen molar-refractivity contribution in [3.8, 4) is 0 Å². The highest BCUT2D eigenvalue weighted by atomic mass is 16.4. The molecule has 4 N–H and O–H groups in total. The zero-order chi connectivity index (χ0) is 15.8. The zero-order valence-electron chi connectivity index (χ0n) is 12.6. The molecule has 116 valence electrons. The Morgan fingerprint density at radius 1 is 1.29 bits per heavy atom. The Bertz CT molecular complexity index is 462. The molecule has 0 saturated carbocycles. The normalized spacial score (nSPS) is 15.0. The van der Waals surface area contributed by atoms with Gasteiger partial charge in [-0.1, -0.05) is 50.6 Å². The molecule has 5 heteroatoms. The number of hydrogen-bond acceptors (Lipinski definition) is 3. The van der Waals surface area contributed by atoms with Gasteiger partial charge in [-0.25, -0.2) is 4.79 Å². The quantitative estimate of drug-likeness (QED) is 0.678. The lowest BCUT2D eigenvalue weighted by molar-refractivity contribution is -0.143. The molecule has 0 aliphatic carbocycles. The lowest BCUT2D eigenvalue weighted by Gasteiger charge is -2.22. The number of carboxylic acids is 1. The Balaban J connectivity index is 2.51. The fourth-order valence-electron chi connectivity index (χ4n) is 2.04. The molecular formula is C16H24N2O3. The summed E-state index contributed by atoms with van der Waals surface area (Å²) in [5.41, 5.74) is 6.96. The number of aliphatic carboxylic acids is 1. The first kappa shape index (κ1) is 17.2. The van der Waals surface area contributed by atoms with Gasteiger partial charge in [0.05, 0.1) is 6.04 Å². The van der Waals surface area contributed by atoms with Crippen LogP contribution < -0.4 is 11.1 Å². The second kappa shape index (κ2) is 8.42. The SMILES string of the molecule is CCC(C)[C@H](NC(=O)[C@@H](N)CCc1ccccc1)C(=O)O. The van der Waals surface area contributed by atoms with Crippen molar-refractivity contribution in [3.05, 3.63) is 35.9 Å². The third-order valence-electron chi connectivity index (χ3n) is 3.70. The third-order valence-corrected chi connectivity index (χ3v) is 3.70. The van der Waals surface area contributed by atoms with Crippen LogP contribution >= 0.6 is 0 Å². The lowest BCUT2D eigenvalue weighted by atomic mass is 9.98. The highest BCUT2D eigenvalue weighted by molar-refractivity contribution is 5.86. The minimum absolute atomic E-state index is 0.132. The monoisotopic (exact) mass is 292 g/mol. The van der Waals surface area contributed by atoms with Gasteiger partial charge in [-0.2, -0.15) is 0 Å². The first-order valence-electron chi connectivity index (χ1n) is 7.28. The van der Waals surface area contributed by atoms with Crippen LogP contribution in [0.2, 0.25) is 0 Å². The van der Waals surface area contributed by atoms with E-state index in [2.05, 4.69) is 5.32 Å². The average molecular weight is 292 g/mol. The predicted octanol–water partition coefficient (Wildman–Crippen LogP) is 1.56. The smallest absolute Gasteiger partial charge is 0.326 e. The van der Waals surface area contributed by atoms with Gasteiger partial charge < -0.3 is 16.2 Å². The Labute approximate surface area is 125 Å². The number of carbonyl (C=O) groups excluding carboxylic acids is 1. The predicted molar refractivity (Wildman–Crippen MR) is 81.8 cm³/mol. The van der Waals surface area contributed by atoms with Crippen molar-refractivity contribution in [2.45, 2.75) is 45.2 Å². The maximum atomic E-state index is 12.0. The van der Waals surface area contributed by atoms with Gasteiger partial charge >= 0.3 is 5.97 Å². The summed E-state index contributed by atoms with van der Waals surface area (Å²) >= 11 is 0. The number of benzene rings is 1. The van der Waals surface area contributed by atoms with E-state index in [4.69, 9.17) is 10.8 Å². The molecule has 1 aromatic carbocycles. The van der Waals surface area contributed by atoms with Crippen LogP contribution in [0.15, 0.2) is 30.3 Å². The van der Waals surface area contributed by atoms with Crippen LogP contribution in [0.1, 0.15) is 32.3 Å². The van der Waals surface area contributed by atoms with E-state index in [-0.39, 0.29) is 5.92 Å². The molecule has 0 aliphatic heterocycles.